The second-order valence-electron chi connectivity index (χ2n) is 3.59. The van der Waals surface area contributed by atoms with Gasteiger partial charge in [0.05, 0.1) is 25.2 Å². The van der Waals surface area contributed by atoms with E-state index in [0.717, 1.165) is 5.56 Å². The molecule has 4 nitrogen and oxygen atoms in total. The molecule has 0 fully saturated rings. The molecule has 4 heteroatoms. The van der Waals surface area contributed by atoms with Gasteiger partial charge in [-0.05, 0) is 31.5 Å². The monoisotopic (exact) mass is 236 g/mol. The molecule has 1 atom stereocenters. The average Bonchev–Trinajstić information content (AvgIpc) is 2.37. The summed E-state index contributed by atoms with van der Waals surface area (Å²) in [6.45, 7) is 3.90. The van der Waals surface area contributed by atoms with Crippen molar-refractivity contribution in [3.63, 3.8) is 0 Å². The maximum atomic E-state index is 11.5. The summed E-state index contributed by atoms with van der Waals surface area (Å²) in [5.74, 6) is -0.986. The van der Waals surface area contributed by atoms with Crippen LogP contribution in [0.4, 0.5) is 0 Å². The smallest absolute Gasteiger partial charge is 0.337 e. The number of hydrogen-bond acceptors (Lipinski definition) is 4. The largest absolute Gasteiger partial charge is 0.466 e. The Morgan fingerprint density at radius 3 is 2.29 bits per heavy atom. The Kier molecular flexibility index (Phi) is 4.69. The van der Waals surface area contributed by atoms with Gasteiger partial charge in [0.15, 0.2) is 0 Å². The van der Waals surface area contributed by atoms with E-state index in [1.54, 1.807) is 38.1 Å². The Hall–Kier alpha value is -1.84. The van der Waals surface area contributed by atoms with E-state index in [-0.39, 0.29) is 17.9 Å². The number of esters is 2. The van der Waals surface area contributed by atoms with Crippen molar-refractivity contribution in [1.82, 2.24) is 0 Å². The van der Waals surface area contributed by atoms with Crippen LogP contribution in [0.25, 0.3) is 0 Å². The van der Waals surface area contributed by atoms with Crippen LogP contribution >= 0.6 is 0 Å². The summed E-state index contributed by atoms with van der Waals surface area (Å²) in [6.07, 6.45) is 0. The van der Waals surface area contributed by atoms with Crippen LogP contribution < -0.4 is 0 Å². The zero-order valence-corrected chi connectivity index (χ0v) is 10.2. The number of rotatable bonds is 4. The Morgan fingerprint density at radius 2 is 1.82 bits per heavy atom. The molecule has 0 N–H and O–H groups in total. The lowest BCUT2D eigenvalue weighted by Gasteiger charge is -2.10. The topological polar surface area (TPSA) is 52.6 Å². The van der Waals surface area contributed by atoms with E-state index in [2.05, 4.69) is 4.74 Å². The van der Waals surface area contributed by atoms with Crippen LogP contribution in [-0.2, 0) is 14.3 Å². The first-order valence-corrected chi connectivity index (χ1v) is 5.45. The molecule has 0 saturated carbocycles. The number of benzene rings is 1. The number of hydrogen-bond donors (Lipinski definition) is 0. The zero-order valence-electron chi connectivity index (χ0n) is 10.2. The predicted octanol–water partition coefficient (Wildman–Crippen LogP) is 2.14. The standard InChI is InChI=1S/C13H16O4/c1-4-17-12(14)9(2)10-5-7-11(8-6-10)13(15)16-3/h5-9H,4H2,1-3H3. The highest BCUT2D eigenvalue weighted by Gasteiger charge is 2.16. The molecule has 0 bridgehead atoms. The SMILES string of the molecule is CCOC(=O)C(C)c1ccc(C(=O)OC)cc1. The molecule has 1 rings (SSSR count). The third-order valence-corrected chi connectivity index (χ3v) is 2.47. The van der Waals surface area contributed by atoms with Crippen molar-refractivity contribution in [3.8, 4) is 0 Å². The van der Waals surface area contributed by atoms with Crippen molar-refractivity contribution in [2.75, 3.05) is 13.7 Å². The normalized spacial score (nSPS) is 11.7. The molecule has 1 aromatic carbocycles. The molecule has 0 spiro atoms. The second kappa shape index (κ2) is 6.03. The molecule has 1 unspecified atom stereocenters. The van der Waals surface area contributed by atoms with E-state index < -0.39 is 0 Å². The van der Waals surface area contributed by atoms with Gasteiger partial charge in [-0.1, -0.05) is 12.1 Å². The minimum absolute atomic E-state index is 0.265. The minimum Gasteiger partial charge on any atom is -0.466 e. The van der Waals surface area contributed by atoms with Crippen molar-refractivity contribution in [2.45, 2.75) is 19.8 Å². The van der Waals surface area contributed by atoms with Crippen molar-refractivity contribution >= 4 is 11.9 Å². The number of carbonyl (C=O) groups excluding carboxylic acids is 2. The van der Waals surface area contributed by atoms with Crippen LogP contribution in [-0.4, -0.2) is 25.7 Å². The first-order chi connectivity index (χ1) is 8.10. The molecule has 0 aliphatic heterocycles. The third kappa shape index (κ3) is 3.31. The molecule has 92 valence electrons. The van der Waals surface area contributed by atoms with Gasteiger partial charge in [-0.25, -0.2) is 4.79 Å². The molecular weight excluding hydrogens is 220 g/mol. The van der Waals surface area contributed by atoms with E-state index >= 15 is 0 Å². The fraction of sp³-hybridized carbons (Fsp3) is 0.385. The second-order valence-corrected chi connectivity index (χ2v) is 3.59. The molecule has 0 aromatic heterocycles. The summed E-state index contributed by atoms with van der Waals surface area (Å²) in [7, 11) is 1.33. The quantitative estimate of drug-likeness (QED) is 0.751. The molecule has 1 aromatic rings. The molecule has 0 amide bonds. The van der Waals surface area contributed by atoms with E-state index in [1.165, 1.54) is 7.11 Å². The highest BCUT2D eigenvalue weighted by atomic mass is 16.5. The number of carbonyl (C=O) groups is 2. The highest BCUT2D eigenvalue weighted by Crippen LogP contribution is 2.17. The zero-order chi connectivity index (χ0) is 12.8. The van der Waals surface area contributed by atoms with Crippen molar-refractivity contribution in [2.24, 2.45) is 0 Å². The summed E-state index contributed by atoms with van der Waals surface area (Å²) in [6, 6.07) is 6.73. The van der Waals surface area contributed by atoms with Gasteiger partial charge in [-0.3, -0.25) is 4.79 Å². The number of ether oxygens (including phenoxy) is 2. The maximum Gasteiger partial charge on any atom is 0.337 e. The van der Waals surface area contributed by atoms with Gasteiger partial charge in [0.1, 0.15) is 0 Å². The van der Waals surface area contributed by atoms with Crippen LogP contribution in [0.2, 0.25) is 0 Å². The molecule has 0 saturated heterocycles. The molecule has 0 aliphatic carbocycles. The molecule has 17 heavy (non-hydrogen) atoms. The van der Waals surface area contributed by atoms with Crippen LogP contribution in [0.15, 0.2) is 24.3 Å². The summed E-state index contributed by atoms with van der Waals surface area (Å²) >= 11 is 0. The lowest BCUT2D eigenvalue weighted by molar-refractivity contribution is -0.144. The van der Waals surface area contributed by atoms with Crippen LogP contribution in [0.1, 0.15) is 35.7 Å². The first-order valence-electron chi connectivity index (χ1n) is 5.45. The van der Waals surface area contributed by atoms with Gasteiger partial charge in [-0.2, -0.15) is 0 Å². The Bertz CT molecular complexity index is 394. The fourth-order valence-corrected chi connectivity index (χ4v) is 1.43. The summed E-state index contributed by atoms with van der Waals surface area (Å²) in [5.41, 5.74) is 1.28. The van der Waals surface area contributed by atoms with Gasteiger partial charge in [0.2, 0.25) is 0 Å². The van der Waals surface area contributed by atoms with Gasteiger partial charge in [-0.15, -0.1) is 0 Å². The third-order valence-electron chi connectivity index (χ3n) is 2.47. The van der Waals surface area contributed by atoms with E-state index in [0.29, 0.717) is 12.2 Å². The summed E-state index contributed by atoms with van der Waals surface area (Å²) in [4.78, 5) is 22.7. The highest BCUT2D eigenvalue weighted by molar-refractivity contribution is 5.89. The lowest BCUT2D eigenvalue weighted by atomic mass is 10.00. The summed E-state index contributed by atoms with van der Waals surface area (Å²) < 4.78 is 9.52. The van der Waals surface area contributed by atoms with Crippen LogP contribution in [0.5, 0.6) is 0 Å². The van der Waals surface area contributed by atoms with E-state index in [1.807, 2.05) is 0 Å². The van der Waals surface area contributed by atoms with E-state index in [4.69, 9.17) is 4.74 Å². The Balaban J connectivity index is 2.80. The molecular formula is C13H16O4. The average molecular weight is 236 g/mol. The summed E-state index contributed by atoms with van der Waals surface area (Å²) in [5, 5.41) is 0. The van der Waals surface area contributed by atoms with Crippen molar-refractivity contribution in [3.05, 3.63) is 35.4 Å². The molecule has 0 radical (unpaired) electrons. The van der Waals surface area contributed by atoms with Gasteiger partial charge < -0.3 is 9.47 Å². The van der Waals surface area contributed by atoms with Crippen molar-refractivity contribution < 1.29 is 19.1 Å². The van der Waals surface area contributed by atoms with Crippen molar-refractivity contribution in [1.29, 1.82) is 0 Å². The van der Waals surface area contributed by atoms with Gasteiger partial charge in [0.25, 0.3) is 0 Å². The molecule has 0 heterocycles. The van der Waals surface area contributed by atoms with Gasteiger partial charge in [0, 0.05) is 0 Å². The Labute approximate surface area is 101 Å². The first kappa shape index (κ1) is 13.2. The number of methoxy groups -OCH3 is 1. The predicted molar refractivity (Wildman–Crippen MR) is 62.8 cm³/mol. The lowest BCUT2D eigenvalue weighted by Crippen LogP contribution is -2.13. The minimum atomic E-state index is -0.389. The Morgan fingerprint density at radius 1 is 1.24 bits per heavy atom. The van der Waals surface area contributed by atoms with Crippen LogP contribution in [0.3, 0.4) is 0 Å². The van der Waals surface area contributed by atoms with Crippen LogP contribution in [0, 0.1) is 0 Å². The fourth-order valence-electron chi connectivity index (χ4n) is 1.43. The molecule has 0 aliphatic rings. The van der Waals surface area contributed by atoms with E-state index in [9.17, 15) is 9.59 Å². The maximum absolute atomic E-state index is 11.5. The van der Waals surface area contributed by atoms with Gasteiger partial charge >= 0.3 is 11.9 Å².